The highest BCUT2D eigenvalue weighted by molar-refractivity contribution is 7.98. The second-order valence-corrected chi connectivity index (χ2v) is 4.25. The van der Waals surface area contributed by atoms with Crippen molar-refractivity contribution >= 4 is 17.7 Å². The van der Waals surface area contributed by atoms with Crippen LogP contribution in [0, 0.1) is 5.92 Å². The molecule has 70 valence electrons. The lowest BCUT2D eigenvalue weighted by Gasteiger charge is -2.02. The highest BCUT2D eigenvalue weighted by Crippen LogP contribution is 2.28. The molecule has 1 saturated carbocycles. The van der Waals surface area contributed by atoms with Gasteiger partial charge in [-0.05, 0) is 37.7 Å². The Hall–Kier alpha value is -0.180. The molecule has 0 spiro atoms. The van der Waals surface area contributed by atoms with Gasteiger partial charge in [0.2, 0.25) is 5.91 Å². The molecule has 0 atom stereocenters. The minimum atomic E-state index is 0.277. The molecule has 12 heavy (non-hydrogen) atoms. The van der Waals surface area contributed by atoms with Crippen molar-refractivity contribution in [1.29, 1.82) is 0 Å². The first-order valence-electron chi connectivity index (χ1n) is 4.61. The Balaban J connectivity index is 1.84. The van der Waals surface area contributed by atoms with Crippen LogP contribution in [0.25, 0.3) is 0 Å². The Kier molecular flexibility index (Phi) is 4.51. The quantitative estimate of drug-likeness (QED) is 0.641. The number of nitrogens with one attached hydrogen (secondary N) is 1. The van der Waals surface area contributed by atoms with Gasteiger partial charge in [-0.1, -0.05) is 0 Å². The van der Waals surface area contributed by atoms with Crippen molar-refractivity contribution in [3.63, 3.8) is 0 Å². The molecule has 0 aliphatic heterocycles. The summed E-state index contributed by atoms with van der Waals surface area (Å²) in [7, 11) is 0. The lowest BCUT2D eigenvalue weighted by molar-refractivity contribution is -0.122. The summed E-state index contributed by atoms with van der Waals surface area (Å²) in [5.74, 6) is 1.85. The Labute approximate surface area is 78.5 Å². The van der Waals surface area contributed by atoms with Crippen molar-refractivity contribution in [2.45, 2.75) is 25.7 Å². The lowest BCUT2D eigenvalue weighted by atomic mass is 10.3. The predicted octanol–water partition coefficient (Wildman–Crippen LogP) is 1.66. The SMILES string of the molecule is CSCCCCNC(=O)C1CC1. The minimum Gasteiger partial charge on any atom is -0.356 e. The van der Waals surface area contributed by atoms with Crippen molar-refractivity contribution < 1.29 is 4.79 Å². The Bertz CT molecular complexity index is 145. The molecule has 0 heterocycles. The molecule has 1 fully saturated rings. The van der Waals surface area contributed by atoms with Gasteiger partial charge in [0.15, 0.2) is 0 Å². The molecule has 3 heteroatoms. The number of rotatable bonds is 6. The Morgan fingerprint density at radius 3 is 2.83 bits per heavy atom. The molecule has 1 rings (SSSR count). The molecule has 1 N–H and O–H groups in total. The van der Waals surface area contributed by atoms with E-state index in [-0.39, 0.29) is 5.91 Å². The molecule has 0 radical (unpaired) electrons. The maximum Gasteiger partial charge on any atom is 0.223 e. The van der Waals surface area contributed by atoms with Gasteiger partial charge in [-0.3, -0.25) is 4.79 Å². The molecular formula is C9H17NOS. The lowest BCUT2D eigenvalue weighted by Crippen LogP contribution is -2.25. The van der Waals surface area contributed by atoms with Crippen molar-refractivity contribution in [2.75, 3.05) is 18.6 Å². The third-order valence-corrected chi connectivity index (χ3v) is 2.72. The second-order valence-electron chi connectivity index (χ2n) is 3.27. The zero-order valence-corrected chi connectivity index (χ0v) is 8.45. The number of amides is 1. The van der Waals surface area contributed by atoms with Crippen LogP contribution < -0.4 is 5.32 Å². The van der Waals surface area contributed by atoms with Gasteiger partial charge >= 0.3 is 0 Å². The van der Waals surface area contributed by atoms with Crippen molar-refractivity contribution in [3.05, 3.63) is 0 Å². The Morgan fingerprint density at radius 1 is 1.50 bits per heavy atom. The average Bonchev–Trinajstić information content (AvgIpc) is 2.86. The molecule has 2 nitrogen and oxygen atoms in total. The highest BCUT2D eigenvalue weighted by Gasteiger charge is 2.28. The van der Waals surface area contributed by atoms with E-state index < -0.39 is 0 Å². The molecule has 1 amide bonds. The number of hydrogen-bond donors (Lipinski definition) is 1. The van der Waals surface area contributed by atoms with Gasteiger partial charge in [-0.25, -0.2) is 0 Å². The first kappa shape index (κ1) is 9.90. The standard InChI is InChI=1S/C9H17NOS/c1-12-7-3-2-6-10-9(11)8-4-5-8/h8H,2-7H2,1H3,(H,10,11). The maximum atomic E-state index is 11.1. The predicted molar refractivity (Wildman–Crippen MR) is 53.3 cm³/mol. The third-order valence-electron chi connectivity index (χ3n) is 2.02. The van der Waals surface area contributed by atoms with Gasteiger partial charge in [-0.15, -0.1) is 0 Å². The van der Waals surface area contributed by atoms with Crippen LogP contribution in [0.2, 0.25) is 0 Å². The number of thioether (sulfide) groups is 1. The van der Waals surface area contributed by atoms with Crippen LogP contribution in [0.4, 0.5) is 0 Å². The molecule has 0 unspecified atom stereocenters. The van der Waals surface area contributed by atoms with E-state index >= 15 is 0 Å². The van der Waals surface area contributed by atoms with Crippen LogP contribution in [0.1, 0.15) is 25.7 Å². The first-order valence-corrected chi connectivity index (χ1v) is 6.00. The fraction of sp³-hybridized carbons (Fsp3) is 0.889. The summed E-state index contributed by atoms with van der Waals surface area (Å²) < 4.78 is 0. The molecule has 0 aromatic heterocycles. The van der Waals surface area contributed by atoms with Gasteiger partial charge < -0.3 is 5.32 Å². The van der Waals surface area contributed by atoms with Crippen LogP contribution in [0.5, 0.6) is 0 Å². The molecule has 0 saturated heterocycles. The van der Waals surface area contributed by atoms with Crippen LogP contribution in [-0.4, -0.2) is 24.5 Å². The number of hydrogen-bond acceptors (Lipinski definition) is 2. The smallest absolute Gasteiger partial charge is 0.223 e. The van der Waals surface area contributed by atoms with Crippen LogP contribution in [-0.2, 0) is 4.79 Å². The van der Waals surface area contributed by atoms with Gasteiger partial charge in [0.25, 0.3) is 0 Å². The zero-order chi connectivity index (χ0) is 8.81. The fourth-order valence-electron chi connectivity index (χ4n) is 1.07. The summed E-state index contributed by atoms with van der Waals surface area (Å²) in [5.41, 5.74) is 0. The van der Waals surface area contributed by atoms with Crippen molar-refractivity contribution in [3.8, 4) is 0 Å². The summed E-state index contributed by atoms with van der Waals surface area (Å²) in [5, 5.41) is 2.96. The van der Waals surface area contributed by atoms with E-state index in [2.05, 4.69) is 11.6 Å². The van der Waals surface area contributed by atoms with E-state index in [0.29, 0.717) is 5.92 Å². The molecule has 1 aliphatic carbocycles. The number of carbonyl (C=O) groups excluding carboxylic acids is 1. The topological polar surface area (TPSA) is 29.1 Å². The number of unbranched alkanes of at least 4 members (excludes halogenated alkanes) is 1. The first-order chi connectivity index (χ1) is 5.84. The second kappa shape index (κ2) is 5.46. The van der Waals surface area contributed by atoms with E-state index in [1.165, 1.54) is 12.2 Å². The zero-order valence-electron chi connectivity index (χ0n) is 7.64. The molecular weight excluding hydrogens is 170 g/mol. The van der Waals surface area contributed by atoms with Gasteiger partial charge in [0.1, 0.15) is 0 Å². The molecule has 1 aliphatic rings. The normalized spacial score (nSPS) is 16.1. The van der Waals surface area contributed by atoms with Gasteiger partial charge in [-0.2, -0.15) is 11.8 Å². The summed E-state index contributed by atoms with van der Waals surface area (Å²) in [6.45, 7) is 0.871. The summed E-state index contributed by atoms with van der Waals surface area (Å²) in [4.78, 5) is 11.1. The van der Waals surface area contributed by atoms with Gasteiger partial charge in [0, 0.05) is 12.5 Å². The molecule has 0 aromatic carbocycles. The van der Waals surface area contributed by atoms with Crippen molar-refractivity contribution in [2.24, 2.45) is 5.92 Å². The summed E-state index contributed by atoms with van der Waals surface area (Å²) >= 11 is 1.87. The molecule has 0 aromatic rings. The average molecular weight is 187 g/mol. The minimum absolute atomic E-state index is 0.277. The molecule has 0 bridgehead atoms. The monoisotopic (exact) mass is 187 g/mol. The highest BCUT2D eigenvalue weighted by atomic mass is 32.2. The van der Waals surface area contributed by atoms with E-state index in [4.69, 9.17) is 0 Å². The fourth-order valence-corrected chi connectivity index (χ4v) is 1.57. The maximum absolute atomic E-state index is 11.1. The van der Waals surface area contributed by atoms with E-state index in [1.807, 2.05) is 11.8 Å². The van der Waals surface area contributed by atoms with Crippen LogP contribution in [0.15, 0.2) is 0 Å². The largest absolute Gasteiger partial charge is 0.356 e. The van der Waals surface area contributed by atoms with Crippen molar-refractivity contribution in [1.82, 2.24) is 5.32 Å². The van der Waals surface area contributed by atoms with E-state index in [1.54, 1.807) is 0 Å². The summed E-state index contributed by atoms with van der Waals surface area (Å²) in [6, 6.07) is 0. The summed E-state index contributed by atoms with van der Waals surface area (Å²) in [6.07, 6.45) is 6.67. The number of carbonyl (C=O) groups is 1. The van der Waals surface area contributed by atoms with Gasteiger partial charge in [0.05, 0.1) is 0 Å². The van der Waals surface area contributed by atoms with E-state index in [9.17, 15) is 4.79 Å². The van der Waals surface area contributed by atoms with Crippen LogP contribution in [0.3, 0.4) is 0 Å². The Morgan fingerprint density at radius 2 is 2.25 bits per heavy atom. The van der Waals surface area contributed by atoms with E-state index in [0.717, 1.165) is 25.8 Å². The third kappa shape index (κ3) is 4.00. The van der Waals surface area contributed by atoms with Crippen LogP contribution >= 0.6 is 11.8 Å².